The Morgan fingerprint density at radius 1 is 1.03 bits per heavy atom. The zero-order chi connectivity index (χ0) is 21.7. The molecule has 0 aromatic heterocycles. The molecule has 0 amide bonds. The van der Waals surface area contributed by atoms with Gasteiger partial charge in [-0.25, -0.2) is 0 Å². The van der Waals surface area contributed by atoms with Gasteiger partial charge in [0.2, 0.25) is 0 Å². The van der Waals surface area contributed by atoms with Crippen LogP contribution in [0.4, 0.5) is 0 Å². The minimum Gasteiger partial charge on any atom is -0.463 e. The summed E-state index contributed by atoms with van der Waals surface area (Å²) in [5, 5.41) is 0.728. The van der Waals surface area contributed by atoms with Crippen LogP contribution in [-0.2, 0) is 33.3 Å². The van der Waals surface area contributed by atoms with E-state index in [-0.39, 0.29) is 6.61 Å². The Morgan fingerprint density at radius 2 is 1.66 bits per heavy atom. The number of ether oxygens (including phenoxy) is 4. The number of halogens is 2. The molecule has 3 unspecified atom stereocenters. The number of hydrogen-bond acceptors (Lipinski definition) is 9. The zero-order valence-electron chi connectivity index (χ0n) is 15.9. The third-order valence-electron chi connectivity index (χ3n) is 3.90. The predicted molar refractivity (Wildman–Crippen MR) is 107 cm³/mol. The van der Waals surface area contributed by atoms with Crippen molar-refractivity contribution in [2.45, 2.75) is 55.5 Å². The summed E-state index contributed by atoms with van der Waals surface area (Å²) in [7, 11) is 0. The van der Waals surface area contributed by atoms with Crippen LogP contribution in [0.5, 0.6) is 0 Å². The predicted octanol–water partition coefficient (Wildman–Crippen LogP) is 2.56. The summed E-state index contributed by atoms with van der Waals surface area (Å²) in [6.07, 6.45) is -2.78. The van der Waals surface area contributed by atoms with Gasteiger partial charge in [0.15, 0.2) is 6.10 Å². The summed E-state index contributed by atoms with van der Waals surface area (Å²) < 4.78 is 21.6. The van der Waals surface area contributed by atoms with Crippen LogP contribution < -0.4 is 5.73 Å². The molecule has 1 fully saturated rings. The molecule has 0 radical (unpaired) electrons. The van der Waals surface area contributed by atoms with Crippen LogP contribution in [0.1, 0.15) is 20.8 Å². The molecular weight excluding hydrogens is 445 g/mol. The van der Waals surface area contributed by atoms with E-state index in [2.05, 4.69) is 0 Å². The highest BCUT2D eigenvalue weighted by Gasteiger charge is 2.48. The van der Waals surface area contributed by atoms with Crippen molar-refractivity contribution in [1.29, 1.82) is 0 Å². The van der Waals surface area contributed by atoms with Gasteiger partial charge in [0.1, 0.15) is 24.3 Å². The Hall–Kier alpha value is -1.52. The largest absolute Gasteiger partial charge is 0.463 e. The van der Waals surface area contributed by atoms with Crippen molar-refractivity contribution in [3.63, 3.8) is 0 Å². The summed E-state index contributed by atoms with van der Waals surface area (Å²) in [4.78, 5) is 35.1. The second kappa shape index (κ2) is 10.5. The lowest BCUT2D eigenvalue weighted by atomic mass is 9.97. The Bertz CT molecular complexity index is 777. The normalized spacial score (nSPS) is 26.5. The Morgan fingerprint density at radius 3 is 2.21 bits per heavy atom. The van der Waals surface area contributed by atoms with Crippen molar-refractivity contribution >= 4 is 52.9 Å². The first-order valence-corrected chi connectivity index (χ1v) is 10.2. The second-order valence-electron chi connectivity index (χ2n) is 6.26. The summed E-state index contributed by atoms with van der Waals surface area (Å²) >= 11 is 13.2. The van der Waals surface area contributed by atoms with Crippen molar-refractivity contribution in [3.05, 3.63) is 28.2 Å². The first-order chi connectivity index (χ1) is 13.6. The lowest BCUT2D eigenvalue weighted by molar-refractivity contribution is -0.201. The number of nitrogens with two attached hydrogens (primary N) is 1. The molecule has 2 rings (SSSR count). The quantitative estimate of drug-likeness (QED) is 0.499. The van der Waals surface area contributed by atoms with Crippen molar-refractivity contribution in [3.8, 4) is 0 Å². The molecule has 1 saturated heterocycles. The van der Waals surface area contributed by atoms with E-state index in [1.807, 2.05) is 0 Å². The summed E-state index contributed by atoms with van der Waals surface area (Å²) in [6, 6.07) is 4.05. The summed E-state index contributed by atoms with van der Waals surface area (Å²) in [5.41, 5.74) is 5.50. The number of carbonyl (C=O) groups excluding carboxylic acids is 3. The summed E-state index contributed by atoms with van der Waals surface area (Å²) in [5.74, 6) is -1.70. The van der Waals surface area contributed by atoms with Gasteiger partial charge in [-0.05, 0) is 18.2 Å². The third kappa shape index (κ3) is 6.75. The van der Waals surface area contributed by atoms with Gasteiger partial charge in [-0.15, -0.1) is 0 Å². The van der Waals surface area contributed by atoms with Crippen LogP contribution in [0.3, 0.4) is 0 Å². The van der Waals surface area contributed by atoms with Crippen molar-refractivity contribution in [1.82, 2.24) is 0 Å². The molecule has 0 saturated carbocycles. The van der Waals surface area contributed by atoms with E-state index in [4.69, 9.17) is 47.9 Å². The van der Waals surface area contributed by atoms with Crippen LogP contribution in [0.2, 0.25) is 10.0 Å². The highest BCUT2D eigenvalue weighted by Crippen LogP contribution is 2.37. The van der Waals surface area contributed by atoms with Gasteiger partial charge in [-0.1, -0.05) is 35.0 Å². The van der Waals surface area contributed by atoms with Crippen LogP contribution in [0.15, 0.2) is 23.1 Å². The van der Waals surface area contributed by atoms with Crippen molar-refractivity contribution < 1.29 is 33.3 Å². The first kappa shape index (κ1) is 23.8. The molecule has 1 aromatic rings. The number of carbonyl (C=O) groups is 3. The van der Waals surface area contributed by atoms with E-state index in [1.165, 1.54) is 32.5 Å². The van der Waals surface area contributed by atoms with Crippen LogP contribution in [0.25, 0.3) is 0 Å². The molecule has 8 nitrogen and oxygen atoms in total. The highest BCUT2D eigenvalue weighted by molar-refractivity contribution is 7.99. The van der Waals surface area contributed by atoms with E-state index in [1.54, 1.807) is 18.2 Å². The van der Waals surface area contributed by atoms with E-state index >= 15 is 0 Å². The monoisotopic (exact) mass is 465 g/mol. The van der Waals surface area contributed by atoms with Gasteiger partial charge in [0, 0.05) is 25.7 Å². The third-order valence-corrected chi connectivity index (χ3v) is 5.78. The maximum atomic E-state index is 11.6. The smallest absolute Gasteiger partial charge is 0.303 e. The van der Waals surface area contributed by atoms with Gasteiger partial charge in [-0.3, -0.25) is 14.4 Å². The standard InChI is InChI=1S/C18H21Cl2NO7S/c1-8(22)25-7-14-16(26-9(2)23)15(21)17(27-10(3)24)18(28-14)29-11-4-5-12(19)13(20)6-11/h4-6,14-18H,7,21H2,1-3H3/t14?,15?,16-,17?,18+/m0/s1. The molecule has 160 valence electrons. The Labute approximate surface area is 182 Å². The van der Waals surface area contributed by atoms with E-state index < -0.39 is 47.7 Å². The molecule has 1 heterocycles. The van der Waals surface area contributed by atoms with Gasteiger partial charge < -0.3 is 24.7 Å². The summed E-state index contributed by atoms with van der Waals surface area (Å²) in [6.45, 7) is 3.51. The maximum absolute atomic E-state index is 11.6. The van der Waals surface area contributed by atoms with Crippen molar-refractivity contribution in [2.75, 3.05) is 6.61 Å². The molecule has 1 aliphatic heterocycles. The number of esters is 3. The molecular formula is C18H21Cl2NO7S. The van der Waals surface area contributed by atoms with Gasteiger partial charge >= 0.3 is 17.9 Å². The van der Waals surface area contributed by atoms with Crippen LogP contribution in [0, 0.1) is 0 Å². The molecule has 11 heteroatoms. The SMILES string of the molecule is CC(=O)OCC1O[C@H](Sc2ccc(Cl)c(Cl)c2)C(OC(C)=O)C(N)[C@H]1OC(C)=O. The Balaban J connectivity index is 2.31. The molecule has 0 bridgehead atoms. The fourth-order valence-electron chi connectivity index (χ4n) is 2.73. The van der Waals surface area contributed by atoms with Crippen molar-refractivity contribution in [2.24, 2.45) is 5.73 Å². The van der Waals surface area contributed by atoms with Crippen LogP contribution >= 0.6 is 35.0 Å². The molecule has 5 atom stereocenters. The fourth-order valence-corrected chi connectivity index (χ4v) is 4.26. The van der Waals surface area contributed by atoms with E-state index in [0.29, 0.717) is 14.9 Å². The number of benzene rings is 1. The minimum absolute atomic E-state index is 0.188. The molecule has 0 spiro atoms. The maximum Gasteiger partial charge on any atom is 0.303 e. The molecule has 29 heavy (non-hydrogen) atoms. The van der Waals surface area contributed by atoms with Gasteiger partial charge in [-0.2, -0.15) is 0 Å². The van der Waals surface area contributed by atoms with E-state index in [9.17, 15) is 14.4 Å². The number of hydrogen-bond donors (Lipinski definition) is 1. The van der Waals surface area contributed by atoms with Gasteiger partial charge in [0.25, 0.3) is 0 Å². The second-order valence-corrected chi connectivity index (χ2v) is 8.25. The average Bonchev–Trinajstić information content (AvgIpc) is 2.61. The van der Waals surface area contributed by atoms with E-state index in [0.717, 1.165) is 0 Å². The lowest BCUT2D eigenvalue weighted by Gasteiger charge is -2.43. The van der Waals surface area contributed by atoms with Gasteiger partial charge in [0.05, 0.1) is 16.1 Å². The Kier molecular flexibility index (Phi) is 8.59. The molecule has 2 N–H and O–H groups in total. The topological polar surface area (TPSA) is 114 Å². The molecule has 1 aromatic carbocycles. The minimum atomic E-state index is -0.984. The lowest BCUT2D eigenvalue weighted by Crippen LogP contribution is -2.63. The first-order valence-electron chi connectivity index (χ1n) is 8.59. The average molecular weight is 466 g/mol. The molecule has 1 aliphatic rings. The highest BCUT2D eigenvalue weighted by atomic mass is 35.5. The van der Waals surface area contributed by atoms with Crippen LogP contribution in [-0.4, -0.2) is 54.3 Å². The fraction of sp³-hybridized carbons (Fsp3) is 0.500. The number of rotatable bonds is 6. The zero-order valence-corrected chi connectivity index (χ0v) is 18.3. The molecule has 0 aliphatic carbocycles. The number of thioether (sulfide) groups is 1.